The van der Waals surface area contributed by atoms with Gasteiger partial charge in [0.15, 0.2) is 0 Å². The topological polar surface area (TPSA) is 55.1 Å². The number of carbonyl (C=O) groups excluding carboxylic acids is 1. The van der Waals surface area contributed by atoms with Crippen molar-refractivity contribution in [2.45, 2.75) is 31.7 Å². The largest absolute Gasteiger partial charge is 0.399 e. The van der Waals surface area contributed by atoms with Crippen LogP contribution in [0.3, 0.4) is 0 Å². The molecule has 0 atom stereocenters. The number of benzene rings is 1. The van der Waals surface area contributed by atoms with Gasteiger partial charge in [-0.05, 0) is 44.4 Å². The molecule has 0 heterocycles. The molecule has 1 aliphatic rings. The summed E-state index contributed by atoms with van der Waals surface area (Å²) in [6.45, 7) is 2.00. The molecule has 1 amide bonds. The summed E-state index contributed by atoms with van der Waals surface area (Å²) in [7, 11) is 0. The van der Waals surface area contributed by atoms with Crippen molar-refractivity contribution in [2.75, 3.05) is 5.73 Å². The van der Waals surface area contributed by atoms with Gasteiger partial charge in [-0.1, -0.05) is 0 Å². The lowest BCUT2D eigenvalue weighted by atomic mass is 9.78. The maximum atomic E-state index is 13.1. The summed E-state index contributed by atoms with van der Waals surface area (Å²) in [5.41, 5.74) is 5.91. The highest BCUT2D eigenvalue weighted by atomic mass is 19.1. The molecule has 0 spiro atoms. The number of nitrogens with one attached hydrogen (secondary N) is 1. The summed E-state index contributed by atoms with van der Waals surface area (Å²) < 4.78 is 13.1. The molecule has 0 unspecified atom stereocenters. The van der Waals surface area contributed by atoms with Crippen LogP contribution in [0.4, 0.5) is 10.1 Å². The number of hydrogen-bond donors (Lipinski definition) is 2. The van der Waals surface area contributed by atoms with Gasteiger partial charge >= 0.3 is 0 Å². The Bertz CT molecular complexity index is 407. The van der Waals surface area contributed by atoms with Gasteiger partial charge in [0.1, 0.15) is 5.82 Å². The SMILES string of the molecule is CC1(NC(=O)c2cc(N)cc(F)c2)CCC1. The highest BCUT2D eigenvalue weighted by Gasteiger charge is 2.33. The van der Waals surface area contributed by atoms with Crippen molar-refractivity contribution < 1.29 is 9.18 Å². The molecule has 0 aromatic heterocycles. The van der Waals surface area contributed by atoms with E-state index in [0.717, 1.165) is 19.3 Å². The second kappa shape index (κ2) is 3.77. The molecule has 1 saturated carbocycles. The lowest BCUT2D eigenvalue weighted by Gasteiger charge is -2.39. The number of amides is 1. The Balaban J connectivity index is 2.14. The van der Waals surface area contributed by atoms with Crippen LogP contribution in [0.2, 0.25) is 0 Å². The van der Waals surface area contributed by atoms with Gasteiger partial charge in [0.2, 0.25) is 0 Å². The third-order valence-electron chi connectivity index (χ3n) is 3.05. The van der Waals surface area contributed by atoms with Crippen LogP contribution in [-0.2, 0) is 0 Å². The number of nitrogens with two attached hydrogens (primary N) is 1. The van der Waals surface area contributed by atoms with Crippen LogP contribution in [0, 0.1) is 5.82 Å². The van der Waals surface area contributed by atoms with Crippen LogP contribution >= 0.6 is 0 Å². The first-order valence-corrected chi connectivity index (χ1v) is 5.37. The van der Waals surface area contributed by atoms with Crippen molar-refractivity contribution in [3.8, 4) is 0 Å². The van der Waals surface area contributed by atoms with E-state index < -0.39 is 5.82 Å². The molecule has 2 rings (SSSR count). The lowest BCUT2D eigenvalue weighted by Crippen LogP contribution is -2.50. The van der Waals surface area contributed by atoms with E-state index in [1.807, 2.05) is 6.92 Å². The van der Waals surface area contributed by atoms with Gasteiger partial charge in [-0.25, -0.2) is 4.39 Å². The highest BCUT2D eigenvalue weighted by Crippen LogP contribution is 2.31. The Kier molecular flexibility index (Phi) is 2.58. The maximum absolute atomic E-state index is 13.1. The second-order valence-corrected chi connectivity index (χ2v) is 4.64. The average molecular weight is 222 g/mol. The minimum atomic E-state index is -0.482. The first-order valence-electron chi connectivity index (χ1n) is 5.37. The van der Waals surface area contributed by atoms with Crippen molar-refractivity contribution in [1.29, 1.82) is 0 Å². The third kappa shape index (κ3) is 2.15. The Labute approximate surface area is 93.8 Å². The first-order chi connectivity index (χ1) is 7.48. The Hall–Kier alpha value is -1.58. The van der Waals surface area contributed by atoms with Crippen molar-refractivity contribution in [3.05, 3.63) is 29.6 Å². The predicted octanol–water partition coefficient (Wildman–Crippen LogP) is 2.08. The van der Waals surface area contributed by atoms with Crippen LogP contribution in [0.1, 0.15) is 36.5 Å². The zero-order valence-corrected chi connectivity index (χ0v) is 9.22. The molecular formula is C12H15FN2O. The molecule has 86 valence electrons. The van der Waals surface area contributed by atoms with E-state index in [-0.39, 0.29) is 22.7 Å². The Morgan fingerprint density at radius 3 is 2.62 bits per heavy atom. The van der Waals surface area contributed by atoms with Crippen molar-refractivity contribution in [2.24, 2.45) is 0 Å². The Morgan fingerprint density at radius 2 is 2.12 bits per heavy atom. The average Bonchev–Trinajstić information content (AvgIpc) is 2.13. The van der Waals surface area contributed by atoms with Crippen molar-refractivity contribution >= 4 is 11.6 Å². The van der Waals surface area contributed by atoms with E-state index in [1.54, 1.807) is 0 Å². The van der Waals surface area contributed by atoms with Crippen molar-refractivity contribution in [3.63, 3.8) is 0 Å². The number of anilines is 1. The van der Waals surface area contributed by atoms with Gasteiger partial charge in [-0.3, -0.25) is 4.79 Å². The standard InChI is InChI=1S/C12H15FN2O/c1-12(3-2-4-12)15-11(16)8-5-9(13)7-10(14)6-8/h5-7H,2-4,14H2,1H3,(H,15,16). The van der Waals surface area contributed by atoms with Crippen LogP contribution in [0.5, 0.6) is 0 Å². The quantitative estimate of drug-likeness (QED) is 0.753. The smallest absolute Gasteiger partial charge is 0.251 e. The Morgan fingerprint density at radius 1 is 1.44 bits per heavy atom. The molecule has 1 fully saturated rings. The summed E-state index contributed by atoms with van der Waals surface area (Å²) in [4.78, 5) is 11.8. The highest BCUT2D eigenvalue weighted by molar-refractivity contribution is 5.95. The van der Waals surface area contributed by atoms with E-state index in [1.165, 1.54) is 18.2 Å². The monoisotopic (exact) mass is 222 g/mol. The zero-order chi connectivity index (χ0) is 11.8. The maximum Gasteiger partial charge on any atom is 0.251 e. The van der Waals surface area contributed by atoms with E-state index >= 15 is 0 Å². The molecule has 0 radical (unpaired) electrons. The summed E-state index contributed by atoms with van der Waals surface area (Å²) in [6, 6.07) is 3.88. The normalized spacial score (nSPS) is 17.6. The summed E-state index contributed by atoms with van der Waals surface area (Å²) in [5, 5.41) is 2.90. The first kappa shape index (κ1) is 10.9. The fourth-order valence-electron chi connectivity index (χ4n) is 1.92. The van der Waals surface area contributed by atoms with Gasteiger partial charge in [-0.15, -0.1) is 0 Å². The molecule has 0 bridgehead atoms. The molecule has 16 heavy (non-hydrogen) atoms. The van der Waals surface area contributed by atoms with E-state index in [0.29, 0.717) is 0 Å². The molecule has 0 saturated heterocycles. The van der Waals surface area contributed by atoms with E-state index in [4.69, 9.17) is 5.73 Å². The van der Waals surface area contributed by atoms with Crippen LogP contribution < -0.4 is 11.1 Å². The fourth-order valence-corrected chi connectivity index (χ4v) is 1.92. The minimum Gasteiger partial charge on any atom is -0.399 e. The summed E-state index contributed by atoms with van der Waals surface area (Å²) in [6.07, 6.45) is 3.08. The second-order valence-electron chi connectivity index (χ2n) is 4.64. The molecule has 0 aliphatic heterocycles. The lowest BCUT2D eigenvalue weighted by molar-refractivity contribution is 0.0850. The van der Waals surface area contributed by atoms with Crippen molar-refractivity contribution in [1.82, 2.24) is 5.32 Å². The molecular weight excluding hydrogens is 207 g/mol. The van der Waals surface area contributed by atoms with E-state index in [9.17, 15) is 9.18 Å². The van der Waals surface area contributed by atoms with Crippen LogP contribution in [-0.4, -0.2) is 11.4 Å². The van der Waals surface area contributed by atoms with Crippen LogP contribution in [0.15, 0.2) is 18.2 Å². The van der Waals surface area contributed by atoms with E-state index in [2.05, 4.69) is 5.32 Å². The van der Waals surface area contributed by atoms with Crippen LogP contribution in [0.25, 0.3) is 0 Å². The zero-order valence-electron chi connectivity index (χ0n) is 9.22. The number of halogens is 1. The predicted molar refractivity (Wildman–Crippen MR) is 60.5 cm³/mol. The molecule has 3 nitrogen and oxygen atoms in total. The molecule has 1 aromatic rings. The summed E-state index contributed by atoms with van der Waals surface area (Å²) >= 11 is 0. The fraction of sp³-hybridized carbons (Fsp3) is 0.417. The molecule has 3 N–H and O–H groups in total. The van der Waals surface area contributed by atoms with Gasteiger partial charge in [-0.2, -0.15) is 0 Å². The number of hydrogen-bond acceptors (Lipinski definition) is 2. The van der Waals surface area contributed by atoms with Gasteiger partial charge in [0.05, 0.1) is 0 Å². The number of carbonyl (C=O) groups is 1. The number of nitrogen functional groups attached to an aromatic ring is 1. The minimum absolute atomic E-state index is 0.127. The third-order valence-corrected chi connectivity index (χ3v) is 3.05. The molecule has 1 aliphatic carbocycles. The van der Waals surface area contributed by atoms with Gasteiger partial charge < -0.3 is 11.1 Å². The summed E-state index contributed by atoms with van der Waals surface area (Å²) in [5.74, 6) is -0.739. The van der Waals surface area contributed by atoms with Gasteiger partial charge in [0, 0.05) is 16.8 Å². The van der Waals surface area contributed by atoms with Gasteiger partial charge in [0.25, 0.3) is 5.91 Å². The molecule has 1 aromatic carbocycles. The molecule has 4 heteroatoms. The number of rotatable bonds is 2.